The van der Waals surface area contributed by atoms with Crippen LogP contribution in [0.25, 0.3) is 6.08 Å². The highest BCUT2D eigenvalue weighted by Gasteiger charge is 2.15. The lowest BCUT2D eigenvalue weighted by Crippen LogP contribution is -2.13. The monoisotopic (exact) mass is 382 g/mol. The molecule has 0 amide bonds. The lowest BCUT2D eigenvalue weighted by atomic mass is 10.1. The Morgan fingerprint density at radius 3 is 2.59 bits per heavy atom. The van der Waals surface area contributed by atoms with Crippen LogP contribution in [-0.4, -0.2) is 22.8 Å². The fourth-order valence-corrected chi connectivity index (χ4v) is 2.39. The third kappa shape index (κ3) is 4.26. The summed E-state index contributed by atoms with van der Waals surface area (Å²) in [5.41, 5.74) is 1.12. The maximum atomic E-state index is 10.6. The first-order chi connectivity index (χ1) is 10.5. The van der Waals surface area contributed by atoms with Gasteiger partial charge in [-0.05, 0) is 30.3 Å². The zero-order valence-electron chi connectivity index (χ0n) is 11.3. The average molecular weight is 384 g/mol. The zero-order valence-corrected chi connectivity index (χ0v) is 13.6. The lowest BCUT2D eigenvalue weighted by molar-refractivity contribution is -0.132. The molecule has 2 N–H and O–H groups in total. The van der Waals surface area contributed by atoms with Crippen molar-refractivity contribution in [1.29, 1.82) is 0 Å². The van der Waals surface area contributed by atoms with Gasteiger partial charge in [0.15, 0.2) is 0 Å². The van der Waals surface area contributed by atoms with Crippen LogP contribution in [0, 0.1) is 0 Å². The van der Waals surface area contributed by atoms with Gasteiger partial charge in [-0.1, -0.05) is 45.7 Å². The van der Waals surface area contributed by atoms with E-state index >= 15 is 0 Å². The molecule has 2 aromatic rings. The third-order valence-corrected chi connectivity index (χ3v) is 3.61. The van der Waals surface area contributed by atoms with Crippen molar-refractivity contribution in [1.82, 2.24) is 0 Å². The van der Waals surface area contributed by atoms with E-state index in [-0.39, 0.29) is 12.4 Å². The van der Waals surface area contributed by atoms with Crippen LogP contribution in [0.1, 0.15) is 5.56 Å². The number of hydrogen-bond acceptors (Lipinski definition) is 3. The van der Waals surface area contributed by atoms with Crippen molar-refractivity contribution in [3.63, 3.8) is 0 Å². The van der Waals surface area contributed by atoms with Crippen molar-refractivity contribution in [3.8, 4) is 11.5 Å². The average Bonchev–Trinajstić information content (AvgIpc) is 2.51. The molecule has 0 radical (unpaired) electrons. The first-order valence-electron chi connectivity index (χ1n) is 6.27. The largest absolute Gasteiger partial charge is 0.506 e. The Kier molecular flexibility index (Phi) is 5.46. The Morgan fingerprint density at radius 2 is 1.95 bits per heavy atom. The van der Waals surface area contributed by atoms with Gasteiger partial charge in [-0.3, -0.25) is 0 Å². The molecule has 0 aliphatic carbocycles. The zero-order chi connectivity index (χ0) is 16.1. The molecular weight excluding hydrogens is 372 g/mol. The summed E-state index contributed by atoms with van der Waals surface area (Å²) in [6, 6.07) is 12.3. The van der Waals surface area contributed by atoms with E-state index < -0.39 is 5.97 Å². The van der Waals surface area contributed by atoms with Crippen molar-refractivity contribution >= 4 is 39.6 Å². The quantitative estimate of drug-likeness (QED) is 0.768. The van der Waals surface area contributed by atoms with Gasteiger partial charge in [0.2, 0.25) is 0 Å². The molecule has 1 aliphatic rings. The summed E-state index contributed by atoms with van der Waals surface area (Å²) in [7, 11) is 0. The predicted octanol–water partition coefficient (Wildman–Crippen LogP) is 4.36. The van der Waals surface area contributed by atoms with Gasteiger partial charge in [0.05, 0.1) is 10.6 Å². The maximum absolute atomic E-state index is 10.6. The molecule has 6 heteroatoms. The van der Waals surface area contributed by atoms with Crippen molar-refractivity contribution in [3.05, 3.63) is 63.1 Å². The van der Waals surface area contributed by atoms with Crippen molar-refractivity contribution in [2.24, 2.45) is 0 Å². The number of hydrogen-bond donors (Lipinski definition) is 2. The van der Waals surface area contributed by atoms with E-state index in [1.807, 2.05) is 24.3 Å². The van der Waals surface area contributed by atoms with Crippen molar-refractivity contribution in [2.75, 3.05) is 6.61 Å². The molecule has 114 valence electrons. The minimum atomic E-state index is -0.922. The van der Waals surface area contributed by atoms with Gasteiger partial charge < -0.3 is 14.9 Å². The Hall–Kier alpha value is -1.98. The number of fused-ring (bicyclic) bond motifs is 1. The standard InChI is InChI=1S/C10H8O3.C6H4BrClO/c11-10(12)8-5-7-3-1-2-4-9(7)13-6-8;7-4-1-2-6(9)5(8)3-4/h1-5H,6H2,(H,11,12);1-3,9H. The highest BCUT2D eigenvalue weighted by atomic mass is 79.9. The molecule has 0 bridgehead atoms. The minimum Gasteiger partial charge on any atom is -0.506 e. The molecule has 2 aromatic carbocycles. The lowest BCUT2D eigenvalue weighted by Gasteiger charge is -2.14. The maximum Gasteiger partial charge on any atom is 0.335 e. The number of para-hydroxylation sites is 1. The third-order valence-electron chi connectivity index (χ3n) is 2.82. The first kappa shape index (κ1) is 16.4. The number of phenolic OH excluding ortho intramolecular Hbond substituents is 1. The summed E-state index contributed by atoms with van der Waals surface area (Å²) in [4.78, 5) is 10.6. The molecule has 0 unspecified atom stereocenters. The molecule has 1 heterocycles. The van der Waals surface area contributed by atoms with Crippen molar-refractivity contribution < 1.29 is 19.7 Å². The molecule has 0 spiro atoms. The number of aromatic hydroxyl groups is 1. The van der Waals surface area contributed by atoms with Gasteiger partial charge in [-0.2, -0.15) is 0 Å². The smallest absolute Gasteiger partial charge is 0.335 e. The summed E-state index contributed by atoms with van der Waals surface area (Å²) < 4.78 is 6.11. The number of carboxylic acid groups (broad SMARTS) is 1. The van der Waals surface area contributed by atoms with E-state index in [9.17, 15) is 4.79 Å². The molecule has 3 rings (SSSR count). The van der Waals surface area contributed by atoms with E-state index in [0.29, 0.717) is 10.6 Å². The second kappa shape index (κ2) is 7.33. The molecule has 0 aromatic heterocycles. The number of benzene rings is 2. The summed E-state index contributed by atoms with van der Waals surface area (Å²) >= 11 is 8.73. The van der Waals surface area contributed by atoms with Crippen LogP contribution in [0.5, 0.6) is 11.5 Å². The Morgan fingerprint density at radius 1 is 1.23 bits per heavy atom. The summed E-state index contributed by atoms with van der Waals surface area (Å²) in [6.07, 6.45) is 1.64. The second-order valence-electron chi connectivity index (χ2n) is 4.40. The van der Waals surface area contributed by atoms with Crippen LogP contribution in [0.15, 0.2) is 52.5 Å². The van der Waals surface area contributed by atoms with Crippen LogP contribution in [0.2, 0.25) is 5.02 Å². The Labute approximate surface area is 140 Å². The van der Waals surface area contributed by atoms with Crippen LogP contribution in [0.4, 0.5) is 0 Å². The number of carbonyl (C=O) groups is 1. The SMILES string of the molecule is O=C(O)C1=Cc2ccccc2OC1.Oc1ccc(Br)cc1Cl. The summed E-state index contributed by atoms with van der Waals surface area (Å²) in [6.45, 7) is 0.145. The second-order valence-corrected chi connectivity index (χ2v) is 5.72. The predicted molar refractivity (Wildman–Crippen MR) is 88.4 cm³/mol. The molecule has 4 nitrogen and oxygen atoms in total. The van der Waals surface area contributed by atoms with Crippen LogP contribution >= 0.6 is 27.5 Å². The van der Waals surface area contributed by atoms with Gasteiger partial charge >= 0.3 is 5.97 Å². The van der Waals surface area contributed by atoms with Gasteiger partial charge in [-0.15, -0.1) is 0 Å². The number of halogens is 2. The highest BCUT2D eigenvalue weighted by molar-refractivity contribution is 9.10. The van der Waals surface area contributed by atoms with Gasteiger partial charge in [0.1, 0.15) is 18.1 Å². The topological polar surface area (TPSA) is 66.8 Å². The van der Waals surface area contributed by atoms with Gasteiger partial charge in [-0.25, -0.2) is 4.79 Å². The first-order valence-corrected chi connectivity index (χ1v) is 7.44. The Balaban J connectivity index is 0.000000172. The fraction of sp³-hybridized carbons (Fsp3) is 0.0625. The number of carboxylic acids is 1. The molecular formula is C16H12BrClO4. The molecule has 0 saturated heterocycles. The number of rotatable bonds is 1. The van der Waals surface area contributed by atoms with Gasteiger partial charge in [0, 0.05) is 10.0 Å². The number of aliphatic carboxylic acids is 1. The van der Waals surface area contributed by atoms with Crippen molar-refractivity contribution in [2.45, 2.75) is 0 Å². The highest BCUT2D eigenvalue weighted by Crippen LogP contribution is 2.26. The normalized spacial score (nSPS) is 12.2. The molecule has 0 atom stereocenters. The number of phenols is 1. The van der Waals surface area contributed by atoms with Crippen LogP contribution < -0.4 is 4.74 Å². The van der Waals surface area contributed by atoms with Gasteiger partial charge in [0.25, 0.3) is 0 Å². The molecule has 0 fully saturated rings. The van der Waals surface area contributed by atoms with E-state index in [1.165, 1.54) is 6.07 Å². The molecule has 22 heavy (non-hydrogen) atoms. The number of ether oxygens (including phenoxy) is 1. The van der Waals surface area contributed by atoms with E-state index in [4.69, 9.17) is 26.6 Å². The summed E-state index contributed by atoms with van der Waals surface area (Å²) in [5, 5.41) is 18.0. The van der Waals surface area contributed by atoms with Crippen LogP contribution in [0.3, 0.4) is 0 Å². The van der Waals surface area contributed by atoms with E-state index in [2.05, 4.69) is 15.9 Å². The molecule has 1 aliphatic heterocycles. The minimum absolute atomic E-state index is 0.111. The van der Waals surface area contributed by atoms with E-state index in [1.54, 1.807) is 18.2 Å². The van der Waals surface area contributed by atoms with E-state index in [0.717, 1.165) is 15.8 Å². The molecule has 0 saturated carbocycles. The summed E-state index contributed by atoms with van der Waals surface area (Å²) in [5.74, 6) is -0.0677. The Bertz CT molecular complexity index is 728. The fourth-order valence-electron chi connectivity index (χ4n) is 1.72. The van der Waals surface area contributed by atoms with Crippen LogP contribution in [-0.2, 0) is 4.79 Å².